The molecule has 1 saturated heterocycles. The molecule has 2 N–H and O–H groups in total. The van der Waals surface area contributed by atoms with Crippen LogP contribution in [-0.4, -0.2) is 59.6 Å². The van der Waals surface area contributed by atoms with Crippen LogP contribution >= 0.6 is 0 Å². The van der Waals surface area contributed by atoms with Gasteiger partial charge in [0.05, 0.1) is 23.3 Å². The lowest BCUT2D eigenvalue weighted by Gasteiger charge is -2.32. The predicted octanol–water partition coefficient (Wildman–Crippen LogP) is 0.524. The van der Waals surface area contributed by atoms with Gasteiger partial charge in [0.1, 0.15) is 0 Å². The highest BCUT2D eigenvalue weighted by Gasteiger charge is 2.32. The monoisotopic (exact) mass is 443 g/mol. The van der Waals surface area contributed by atoms with Gasteiger partial charge in [0.2, 0.25) is 26.0 Å². The molecule has 13 heteroatoms. The molecule has 0 bridgehead atoms. The Balaban J connectivity index is 2.01. The minimum absolute atomic E-state index is 0.0805. The topological polar surface area (TPSA) is 113 Å². The van der Waals surface area contributed by atoms with Crippen LogP contribution in [0.3, 0.4) is 0 Å². The Morgan fingerprint density at radius 2 is 1.93 bits per heavy atom. The van der Waals surface area contributed by atoms with E-state index < -0.39 is 55.2 Å². The molecule has 0 saturated carbocycles. The van der Waals surface area contributed by atoms with E-state index in [9.17, 15) is 34.8 Å². The molecular formula is C15H20F3N3O5S2. The van der Waals surface area contributed by atoms with Gasteiger partial charge in [-0.25, -0.2) is 26.3 Å². The average Bonchev–Trinajstić information content (AvgIpc) is 2.58. The van der Waals surface area contributed by atoms with Crippen molar-refractivity contribution in [2.24, 2.45) is 0 Å². The van der Waals surface area contributed by atoms with Crippen LogP contribution in [0.2, 0.25) is 0 Å². The van der Waals surface area contributed by atoms with E-state index in [0.717, 1.165) is 24.5 Å². The maximum absolute atomic E-state index is 12.7. The molecule has 0 spiro atoms. The van der Waals surface area contributed by atoms with E-state index in [1.165, 1.54) is 4.90 Å². The number of carbonyl (C=O) groups is 1. The Morgan fingerprint density at radius 3 is 2.54 bits per heavy atom. The lowest BCUT2D eigenvalue weighted by atomic mass is 10.1. The predicted molar refractivity (Wildman–Crippen MR) is 94.2 cm³/mol. The van der Waals surface area contributed by atoms with Crippen LogP contribution in [0.25, 0.3) is 0 Å². The van der Waals surface area contributed by atoms with E-state index >= 15 is 0 Å². The van der Waals surface area contributed by atoms with Crippen molar-refractivity contribution in [3.05, 3.63) is 29.8 Å². The second-order valence-electron chi connectivity index (χ2n) is 6.42. The molecule has 158 valence electrons. The maximum atomic E-state index is 12.7. The van der Waals surface area contributed by atoms with Gasteiger partial charge in [0.25, 0.3) is 0 Å². The molecule has 1 heterocycles. The van der Waals surface area contributed by atoms with E-state index in [1.807, 2.05) is 4.72 Å². The normalized spacial score (nSPS) is 18.9. The molecule has 28 heavy (non-hydrogen) atoms. The molecule has 1 atom stereocenters. The first-order chi connectivity index (χ1) is 12.8. The van der Waals surface area contributed by atoms with E-state index in [1.54, 1.807) is 0 Å². The summed E-state index contributed by atoms with van der Waals surface area (Å²) in [5.41, 5.74) is -1.12. The number of halogens is 3. The lowest BCUT2D eigenvalue weighted by molar-refractivity contribution is -0.137. The van der Waals surface area contributed by atoms with Gasteiger partial charge in [-0.15, -0.1) is 0 Å². The van der Waals surface area contributed by atoms with Crippen LogP contribution in [0.1, 0.15) is 18.4 Å². The summed E-state index contributed by atoms with van der Waals surface area (Å²) in [5.74, 6) is -0.601. The van der Waals surface area contributed by atoms with Gasteiger partial charge in [0, 0.05) is 19.1 Å². The first-order valence-corrected chi connectivity index (χ1v) is 11.6. The van der Waals surface area contributed by atoms with Crippen LogP contribution < -0.4 is 9.44 Å². The van der Waals surface area contributed by atoms with E-state index in [2.05, 4.69) is 4.72 Å². The minimum atomic E-state index is -4.70. The molecular weight excluding hydrogens is 423 g/mol. The van der Waals surface area contributed by atoms with Crippen molar-refractivity contribution in [1.82, 2.24) is 14.3 Å². The number of alkyl halides is 3. The molecule has 1 fully saturated rings. The molecule has 2 rings (SSSR count). The first-order valence-electron chi connectivity index (χ1n) is 8.20. The highest BCUT2D eigenvalue weighted by atomic mass is 32.2. The van der Waals surface area contributed by atoms with Gasteiger partial charge in [-0.05, 0) is 31.0 Å². The molecule has 1 aromatic rings. The number of hydrogen-bond donors (Lipinski definition) is 2. The quantitative estimate of drug-likeness (QED) is 0.666. The van der Waals surface area contributed by atoms with E-state index in [0.29, 0.717) is 25.5 Å². The maximum Gasteiger partial charge on any atom is 0.416 e. The highest BCUT2D eigenvalue weighted by molar-refractivity contribution is 7.89. The third kappa shape index (κ3) is 6.43. The van der Waals surface area contributed by atoms with Gasteiger partial charge in [-0.1, -0.05) is 6.07 Å². The minimum Gasteiger partial charge on any atom is -0.340 e. The molecule has 1 aliphatic rings. The summed E-state index contributed by atoms with van der Waals surface area (Å²) in [6.45, 7) is -0.243. The van der Waals surface area contributed by atoms with Crippen molar-refractivity contribution in [2.75, 3.05) is 25.9 Å². The zero-order chi connectivity index (χ0) is 21.2. The van der Waals surface area contributed by atoms with Crippen LogP contribution in [0.5, 0.6) is 0 Å². The Labute approximate surface area is 161 Å². The Bertz CT molecular complexity index is 932. The third-order valence-corrected chi connectivity index (χ3v) is 6.20. The second kappa shape index (κ2) is 8.35. The number of amides is 1. The number of nitrogens with zero attached hydrogens (tertiary/aromatic N) is 1. The number of piperidine rings is 1. The second-order valence-corrected chi connectivity index (χ2v) is 9.97. The number of nitrogens with one attached hydrogen (secondary N) is 2. The van der Waals surface area contributed by atoms with Crippen molar-refractivity contribution in [1.29, 1.82) is 0 Å². The molecule has 1 aliphatic heterocycles. The summed E-state index contributed by atoms with van der Waals surface area (Å²) < 4.78 is 89.6. The zero-order valence-electron chi connectivity index (χ0n) is 14.9. The summed E-state index contributed by atoms with van der Waals surface area (Å²) in [7, 11) is -7.78. The zero-order valence-corrected chi connectivity index (χ0v) is 16.5. The van der Waals surface area contributed by atoms with Crippen molar-refractivity contribution in [2.45, 2.75) is 30.0 Å². The summed E-state index contributed by atoms with van der Waals surface area (Å²) in [4.78, 5) is 13.0. The van der Waals surface area contributed by atoms with Crippen LogP contribution in [0.15, 0.2) is 29.2 Å². The molecule has 0 aliphatic carbocycles. The summed E-state index contributed by atoms with van der Waals surface area (Å²) in [6, 6.07) is 2.71. The Kier molecular flexibility index (Phi) is 6.74. The summed E-state index contributed by atoms with van der Waals surface area (Å²) in [6.07, 6.45) is -2.64. The number of hydrogen-bond acceptors (Lipinski definition) is 5. The molecule has 0 aromatic heterocycles. The van der Waals surface area contributed by atoms with Crippen molar-refractivity contribution < 1.29 is 34.8 Å². The van der Waals surface area contributed by atoms with Crippen molar-refractivity contribution in [3.63, 3.8) is 0 Å². The lowest BCUT2D eigenvalue weighted by Crippen LogP contribution is -2.51. The number of rotatable bonds is 6. The molecule has 8 nitrogen and oxygen atoms in total. The van der Waals surface area contributed by atoms with Gasteiger partial charge in [-0.2, -0.15) is 13.2 Å². The Hall–Kier alpha value is -1.70. The van der Waals surface area contributed by atoms with Crippen molar-refractivity contribution in [3.8, 4) is 0 Å². The fraction of sp³-hybridized carbons (Fsp3) is 0.533. The third-order valence-electron chi connectivity index (χ3n) is 4.04. The fourth-order valence-electron chi connectivity index (χ4n) is 2.79. The smallest absolute Gasteiger partial charge is 0.340 e. The standard InChI is InChI=1S/C15H20F3N3O5S2/c1-27(23,24)20-12-5-3-7-21(10-12)14(22)9-19-28(25,26)13-6-2-4-11(8-13)15(16,17)18/h2,4,6,8,12,19-20H,3,5,7,9-10H2,1H3. The summed E-state index contributed by atoms with van der Waals surface area (Å²) >= 11 is 0. The van der Waals surface area contributed by atoms with Gasteiger partial charge in [0.15, 0.2) is 0 Å². The van der Waals surface area contributed by atoms with E-state index in [4.69, 9.17) is 0 Å². The van der Waals surface area contributed by atoms with Crippen molar-refractivity contribution >= 4 is 26.0 Å². The summed E-state index contributed by atoms with van der Waals surface area (Å²) in [5, 5.41) is 0. The first kappa shape index (κ1) is 22.6. The highest BCUT2D eigenvalue weighted by Crippen LogP contribution is 2.30. The van der Waals surface area contributed by atoms with Gasteiger partial charge in [-0.3, -0.25) is 4.79 Å². The van der Waals surface area contributed by atoms with Gasteiger partial charge < -0.3 is 4.90 Å². The van der Waals surface area contributed by atoms with Crippen LogP contribution in [0.4, 0.5) is 13.2 Å². The molecule has 1 amide bonds. The number of sulfonamides is 2. The Morgan fingerprint density at radius 1 is 1.25 bits per heavy atom. The van der Waals surface area contributed by atoms with Crippen LogP contribution in [-0.2, 0) is 31.0 Å². The molecule has 1 unspecified atom stereocenters. The molecule has 1 aromatic carbocycles. The van der Waals surface area contributed by atoms with E-state index in [-0.39, 0.29) is 6.54 Å². The van der Waals surface area contributed by atoms with Gasteiger partial charge >= 0.3 is 6.18 Å². The molecule has 0 radical (unpaired) electrons. The average molecular weight is 443 g/mol. The fourth-order valence-corrected chi connectivity index (χ4v) is 4.61. The number of carbonyl (C=O) groups excluding carboxylic acids is 1. The van der Waals surface area contributed by atoms with Crippen LogP contribution in [0, 0.1) is 0 Å². The SMILES string of the molecule is CS(=O)(=O)NC1CCCN(C(=O)CNS(=O)(=O)c2cccc(C(F)(F)F)c2)C1. The number of likely N-dealkylation sites (tertiary alicyclic amines) is 1. The number of benzene rings is 1. The largest absolute Gasteiger partial charge is 0.416 e.